The first kappa shape index (κ1) is 24.0. The van der Waals surface area contributed by atoms with Gasteiger partial charge in [-0.25, -0.2) is 8.42 Å². The average Bonchev–Trinajstić information content (AvgIpc) is 2.82. The summed E-state index contributed by atoms with van der Waals surface area (Å²) in [7, 11) is -4.26. The fraction of sp³-hybridized carbons (Fsp3) is 0.0800. The van der Waals surface area contributed by atoms with E-state index in [1.54, 1.807) is 42.5 Å². The van der Waals surface area contributed by atoms with Crippen molar-refractivity contribution in [1.29, 1.82) is 0 Å². The number of carbonyl (C=O) groups excluding carboxylic acids is 1. The molecule has 174 valence electrons. The molecule has 1 amide bonds. The molecule has 0 spiro atoms. The van der Waals surface area contributed by atoms with Gasteiger partial charge < -0.3 is 10.8 Å². The highest BCUT2D eigenvalue weighted by atomic mass is 35.5. The molecule has 34 heavy (non-hydrogen) atoms. The molecule has 0 saturated heterocycles. The fourth-order valence-electron chi connectivity index (χ4n) is 3.73. The van der Waals surface area contributed by atoms with E-state index in [-0.39, 0.29) is 21.2 Å². The summed E-state index contributed by atoms with van der Waals surface area (Å²) in [4.78, 5) is 11.9. The minimum atomic E-state index is -4.26. The number of carbonyl (C=O) groups is 1. The topological polar surface area (TPSA) is 101 Å². The summed E-state index contributed by atoms with van der Waals surface area (Å²) in [6, 6.07) is 23.0. The van der Waals surface area contributed by atoms with Crippen LogP contribution < -0.4 is 10.0 Å². The van der Waals surface area contributed by atoms with Crippen molar-refractivity contribution in [2.45, 2.75) is 11.0 Å². The number of hydrogen-bond acceptors (Lipinski definition) is 4. The monoisotopic (exact) mass is 514 g/mol. The SMILES string of the molecule is NC(=O)CN(c1ccc(Cl)cc1C(O)c1ccccc1Cl)S(=O)(=O)c1ccc2ccccc2c1. The van der Waals surface area contributed by atoms with E-state index in [4.69, 9.17) is 28.9 Å². The summed E-state index contributed by atoms with van der Waals surface area (Å²) in [5.74, 6) is -0.863. The second-order valence-corrected chi connectivity index (χ2v) is 10.3. The number of sulfonamides is 1. The molecule has 4 aromatic carbocycles. The summed E-state index contributed by atoms with van der Waals surface area (Å²) < 4.78 is 28.4. The Hall–Kier alpha value is -3.10. The van der Waals surface area contributed by atoms with Gasteiger partial charge in [0.15, 0.2) is 0 Å². The van der Waals surface area contributed by atoms with Crippen molar-refractivity contribution < 1.29 is 18.3 Å². The van der Waals surface area contributed by atoms with E-state index < -0.39 is 28.6 Å². The third kappa shape index (κ3) is 4.74. The number of halogens is 2. The van der Waals surface area contributed by atoms with Gasteiger partial charge in [0.05, 0.1) is 10.6 Å². The number of hydrogen-bond donors (Lipinski definition) is 2. The molecule has 1 atom stereocenters. The van der Waals surface area contributed by atoms with Crippen molar-refractivity contribution in [3.05, 3.63) is 106 Å². The molecule has 0 fully saturated rings. The maximum atomic E-state index is 13.8. The Morgan fingerprint density at radius 1 is 0.882 bits per heavy atom. The number of benzene rings is 4. The molecule has 9 heteroatoms. The van der Waals surface area contributed by atoms with Crippen molar-refractivity contribution in [2.75, 3.05) is 10.8 Å². The molecule has 0 aromatic heterocycles. The van der Waals surface area contributed by atoms with Crippen LogP contribution in [-0.4, -0.2) is 26.0 Å². The molecule has 3 N–H and O–H groups in total. The molecule has 0 radical (unpaired) electrons. The molecule has 6 nitrogen and oxygen atoms in total. The van der Waals surface area contributed by atoms with Gasteiger partial charge in [0.1, 0.15) is 12.6 Å². The fourth-order valence-corrected chi connectivity index (χ4v) is 5.64. The zero-order chi connectivity index (χ0) is 24.5. The van der Waals surface area contributed by atoms with Crippen LogP contribution >= 0.6 is 23.2 Å². The van der Waals surface area contributed by atoms with Crippen LogP contribution in [0.15, 0.2) is 89.8 Å². The van der Waals surface area contributed by atoms with Crippen LogP contribution in [0, 0.1) is 0 Å². The van der Waals surface area contributed by atoms with Crippen LogP contribution in [-0.2, 0) is 14.8 Å². The van der Waals surface area contributed by atoms with E-state index in [0.717, 1.165) is 15.1 Å². The third-order valence-corrected chi connectivity index (χ3v) is 7.70. The lowest BCUT2D eigenvalue weighted by molar-refractivity contribution is -0.116. The van der Waals surface area contributed by atoms with Crippen molar-refractivity contribution in [3.8, 4) is 0 Å². The molecule has 0 aliphatic carbocycles. The number of aliphatic hydroxyl groups excluding tert-OH is 1. The molecule has 0 heterocycles. The van der Waals surface area contributed by atoms with Gasteiger partial charge in [0.25, 0.3) is 10.0 Å². The number of anilines is 1. The molecular formula is C25H20Cl2N2O4S. The van der Waals surface area contributed by atoms with Crippen LogP contribution in [0.3, 0.4) is 0 Å². The van der Waals surface area contributed by atoms with E-state index in [2.05, 4.69) is 0 Å². The second-order valence-electron chi connectivity index (χ2n) is 7.61. The van der Waals surface area contributed by atoms with E-state index in [1.165, 1.54) is 30.3 Å². The molecule has 1 unspecified atom stereocenters. The summed E-state index contributed by atoms with van der Waals surface area (Å²) in [5.41, 5.74) is 6.01. The number of primary amides is 1. The molecular weight excluding hydrogens is 495 g/mol. The number of fused-ring (bicyclic) bond motifs is 1. The lowest BCUT2D eigenvalue weighted by Gasteiger charge is -2.27. The van der Waals surface area contributed by atoms with Gasteiger partial charge >= 0.3 is 0 Å². The third-order valence-electron chi connectivity index (χ3n) is 5.36. The van der Waals surface area contributed by atoms with Crippen LogP contribution in [0.4, 0.5) is 5.69 Å². The Kier molecular flexibility index (Phi) is 6.81. The quantitative estimate of drug-likeness (QED) is 0.365. The number of amides is 1. The van der Waals surface area contributed by atoms with Gasteiger partial charge in [0.2, 0.25) is 5.91 Å². The second kappa shape index (κ2) is 9.64. The zero-order valence-electron chi connectivity index (χ0n) is 17.7. The van der Waals surface area contributed by atoms with Crippen molar-refractivity contribution in [3.63, 3.8) is 0 Å². The van der Waals surface area contributed by atoms with Gasteiger partial charge in [0, 0.05) is 21.2 Å². The maximum absolute atomic E-state index is 13.8. The Morgan fingerprint density at radius 2 is 1.56 bits per heavy atom. The smallest absolute Gasteiger partial charge is 0.264 e. The Labute approximate surface area is 207 Å². The van der Waals surface area contributed by atoms with E-state index >= 15 is 0 Å². The summed E-state index contributed by atoms with van der Waals surface area (Å²) >= 11 is 12.5. The lowest BCUT2D eigenvalue weighted by Crippen LogP contribution is -2.39. The molecule has 0 aliphatic heterocycles. The molecule has 0 aliphatic rings. The van der Waals surface area contributed by atoms with E-state index in [9.17, 15) is 18.3 Å². The van der Waals surface area contributed by atoms with Crippen LogP contribution in [0.5, 0.6) is 0 Å². The van der Waals surface area contributed by atoms with Crippen molar-refractivity contribution in [2.24, 2.45) is 5.73 Å². The molecule has 0 saturated carbocycles. The number of aliphatic hydroxyl groups is 1. The highest BCUT2D eigenvalue weighted by Gasteiger charge is 2.31. The largest absolute Gasteiger partial charge is 0.384 e. The average molecular weight is 515 g/mol. The number of rotatable bonds is 7. The maximum Gasteiger partial charge on any atom is 0.264 e. The first-order valence-corrected chi connectivity index (χ1v) is 12.4. The number of nitrogens with two attached hydrogens (primary N) is 1. The van der Waals surface area contributed by atoms with Gasteiger partial charge in [-0.1, -0.05) is 71.7 Å². The minimum absolute atomic E-state index is 0.0272. The Morgan fingerprint density at radius 3 is 2.26 bits per heavy atom. The predicted octanol–water partition coefficient (Wildman–Crippen LogP) is 4.91. The first-order chi connectivity index (χ1) is 16.2. The molecule has 4 rings (SSSR count). The normalized spacial score (nSPS) is 12.4. The Bertz CT molecular complexity index is 1490. The van der Waals surface area contributed by atoms with Crippen molar-refractivity contribution in [1.82, 2.24) is 0 Å². The van der Waals surface area contributed by atoms with Gasteiger partial charge in [-0.05, 0) is 47.2 Å². The highest BCUT2D eigenvalue weighted by Crippen LogP contribution is 2.38. The van der Waals surface area contributed by atoms with Crippen LogP contribution in [0.25, 0.3) is 10.8 Å². The zero-order valence-corrected chi connectivity index (χ0v) is 20.1. The van der Waals surface area contributed by atoms with Crippen molar-refractivity contribution >= 4 is 55.6 Å². The standard InChI is InChI=1S/C25H20Cl2N2O4S/c26-18-10-12-23(21(14-18)25(31)20-7-3-4-8-22(20)27)29(15-24(28)30)34(32,33)19-11-9-16-5-1-2-6-17(16)13-19/h1-14,25,31H,15H2,(H2,28,30). The van der Waals surface area contributed by atoms with E-state index in [0.29, 0.717) is 10.6 Å². The van der Waals surface area contributed by atoms with E-state index in [1.807, 2.05) is 12.1 Å². The van der Waals surface area contributed by atoms with Crippen LogP contribution in [0.2, 0.25) is 10.0 Å². The summed E-state index contributed by atoms with van der Waals surface area (Å²) in [6.45, 7) is -0.640. The summed E-state index contributed by atoms with van der Waals surface area (Å²) in [5, 5.41) is 13.3. The lowest BCUT2D eigenvalue weighted by atomic mass is 9.99. The van der Waals surface area contributed by atoms with Crippen LogP contribution in [0.1, 0.15) is 17.2 Å². The van der Waals surface area contributed by atoms with Gasteiger partial charge in [-0.15, -0.1) is 0 Å². The van der Waals surface area contributed by atoms with Gasteiger partial charge in [-0.2, -0.15) is 0 Å². The minimum Gasteiger partial charge on any atom is -0.384 e. The summed E-state index contributed by atoms with van der Waals surface area (Å²) in [6.07, 6.45) is -1.32. The van der Waals surface area contributed by atoms with Gasteiger partial charge in [-0.3, -0.25) is 9.10 Å². The predicted molar refractivity (Wildman–Crippen MR) is 135 cm³/mol. The molecule has 4 aromatic rings. The highest BCUT2D eigenvalue weighted by molar-refractivity contribution is 7.92. The first-order valence-electron chi connectivity index (χ1n) is 10.2. The Balaban J connectivity index is 1.89. The number of nitrogens with zero attached hydrogens (tertiary/aromatic N) is 1. The molecule has 0 bridgehead atoms.